The molecule has 1 aromatic rings. The molecule has 0 amide bonds. The van der Waals surface area contributed by atoms with E-state index in [4.69, 9.17) is 4.74 Å². The highest BCUT2D eigenvalue weighted by molar-refractivity contribution is 9.10. The molecule has 1 N–H and O–H groups in total. The standard InChI is InChI=1S/C11H16BrN3O.ClH/c1-11(2)7-13-4-3-9(11)16-10-14-5-8(12)6-15-10;/h5-6,9,13H,3-4,7H2,1-2H3;1H. The summed E-state index contributed by atoms with van der Waals surface area (Å²) in [6, 6.07) is 0.461. The van der Waals surface area contributed by atoms with Gasteiger partial charge in [0.05, 0.1) is 4.47 Å². The monoisotopic (exact) mass is 321 g/mol. The van der Waals surface area contributed by atoms with Gasteiger partial charge in [-0.25, -0.2) is 9.97 Å². The largest absolute Gasteiger partial charge is 0.459 e. The van der Waals surface area contributed by atoms with E-state index in [-0.39, 0.29) is 23.9 Å². The van der Waals surface area contributed by atoms with E-state index in [0.717, 1.165) is 24.0 Å². The molecular weight excluding hydrogens is 305 g/mol. The van der Waals surface area contributed by atoms with E-state index >= 15 is 0 Å². The summed E-state index contributed by atoms with van der Waals surface area (Å²) in [4.78, 5) is 8.27. The summed E-state index contributed by atoms with van der Waals surface area (Å²) in [5, 5.41) is 3.37. The van der Waals surface area contributed by atoms with Crippen molar-refractivity contribution in [1.29, 1.82) is 0 Å². The first kappa shape index (κ1) is 14.7. The fourth-order valence-corrected chi connectivity index (χ4v) is 2.06. The maximum atomic E-state index is 5.84. The van der Waals surface area contributed by atoms with E-state index in [1.54, 1.807) is 12.4 Å². The van der Waals surface area contributed by atoms with E-state index in [1.807, 2.05) is 0 Å². The average molecular weight is 323 g/mol. The molecule has 0 saturated carbocycles. The molecule has 1 atom stereocenters. The van der Waals surface area contributed by atoms with Gasteiger partial charge in [-0.1, -0.05) is 13.8 Å². The Labute approximate surface area is 116 Å². The van der Waals surface area contributed by atoms with Crippen LogP contribution in [0.2, 0.25) is 0 Å². The lowest BCUT2D eigenvalue weighted by molar-refractivity contribution is 0.0375. The zero-order valence-electron chi connectivity index (χ0n) is 9.94. The minimum atomic E-state index is 0. The molecule has 0 aliphatic carbocycles. The van der Waals surface area contributed by atoms with Crippen LogP contribution in [0.1, 0.15) is 20.3 Å². The Morgan fingerprint density at radius 2 is 2.06 bits per heavy atom. The Kier molecular flexibility index (Phi) is 5.16. The van der Waals surface area contributed by atoms with Crippen LogP contribution in [0.4, 0.5) is 0 Å². The van der Waals surface area contributed by atoms with Gasteiger partial charge < -0.3 is 10.1 Å². The van der Waals surface area contributed by atoms with Gasteiger partial charge in [-0.3, -0.25) is 0 Å². The smallest absolute Gasteiger partial charge is 0.316 e. The summed E-state index contributed by atoms with van der Waals surface area (Å²) in [6.07, 6.45) is 4.58. The molecule has 1 fully saturated rings. The third-order valence-electron chi connectivity index (χ3n) is 2.88. The van der Waals surface area contributed by atoms with E-state index in [1.165, 1.54) is 0 Å². The Morgan fingerprint density at radius 3 is 2.65 bits per heavy atom. The molecule has 96 valence electrons. The quantitative estimate of drug-likeness (QED) is 0.908. The Hall–Kier alpha value is -0.390. The van der Waals surface area contributed by atoms with Crippen LogP contribution in [-0.4, -0.2) is 29.2 Å². The molecule has 2 rings (SSSR count). The van der Waals surface area contributed by atoms with Gasteiger partial charge in [-0.15, -0.1) is 12.4 Å². The second-order valence-corrected chi connectivity index (χ2v) is 5.66. The minimum Gasteiger partial charge on any atom is -0.459 e. The van der Waals surface area contributed by atoms with E-state index in [9.17, 15) is 0 Å². The summed E-state index contributed by atoms with van der Waals surface area (Å²) in [7, 11) is 0. The number of hydrogen-bond donors (Lipinski definition) is 1. The number of ether oxygens (including phenoxy) is 1. The summed E-state index contributed by atoms with van der Waals surface area (Å²) in [5.41, 5.74) is 0.120. The van der Waals surface area contributed by atoms with Crippen molar-refractivity contribution in [2.75, 3.05) is 13.1 Å². The van der Waals surface area contributed by atoms with Crippen molar-refractivity contribution in [3.05, 3.63) is 16.9 Å². The molecule has 0 spiro atoms. The van der Waals surface area contributed by atoms with Crippen LogP contribution >= 0.6 is 28.3 Å². The maximum absolute atomic E-state index is 5.84. The molecule has 0 radical (unpaired) electrons. The molecule has 1 unspecified atom stereocenters. The molecule has 2 heterocycles. The maximum Gasteiger partial charge on any atom is 0.316 e. The molecule has 4 nitrogen and oxygen atoms in total. The molecule has 0 aromatic carbocycles. The van der Waals surface area contributed by atoms with Gasteiger partial charge >= 0.3 is 6.01 Å². The van der Waals surface area contributed by atoms with Gasteiger partial charge in [-0.2, -0.15) is 0 Å². The third-order valence-corrected chi connectivity index (χ3v) is 3.29. The van der Waals surface area contributed by atoms with Crippen molar-refractivity contribution in [2.45, 2.75) is 26.4 Å². The second kappa shape index (κ2) is 5.98. The summed E-state index contributed by atoms with van der Waals surface area (Å²) in [6.45, 7) is 6.35. The highest BCUT2D eigenvalue weighted by Gasteiger charge is 2.34. The minimum absolute atomic E-state index is 0. The normalized spacial score (nSPS) is 22.6. The molecule has 1 aliphatic rings. The van der Waals surface area contributed by atoms with E-state index in [0.29, 0.717) is 6.01 Å². The zero-order chi connectivity index (χ0) is 11.6. The number of nitrogens with zero attached hydrogens (tertiary/aromatic N) is 2. The van der Waals surface area contributed by atoms with Gasteiger partial charge in [0.15, 0.2) is 0 Å². The molecule has 1 aromatic heterocycles. The van der Waals surface area contributed by atoms with Crippen molar-refractivity contribution in [1.82, 2.24) is 15.3 Å². The zero-order valence-corrected chi connectivity index (χ0v) is 12.3. The number of piperidine rings is 1. The molecule has 17 heavy (non-hydrogen) atoms. The Bertz CT molecular complexity index is 358. The summed E-state index contributed by atoms with van der Waals surface area (Å²) in [5.74, 6) is 0. The second-order valence-electron chi connectivity index (χ2n) is 4.74. The van der Waals surface area contributed by atoms with Gasteiger partial charge in [-0.05, 0) is 28.9 Å². The predicted octanol–water partition coefficient (Wildman–Crippen LogP) is 2.43. The van der Waals surface area contributed by atoms with Crippen LogP contribution in [0.25, 0.3) is 0 Å². The molecule has 1 aliphatic heterocycles. The van der Waals surface area contributed by atoms with Gasteiger partial charge in [0.2, 0.25) is 0 Å². The number of halogens is 2. The topological polar surface area (TPSA) is 47.0 Å². The Morgan fingerprint density at radius 1 is 1.41 bits per heavy atom. The van der Waals surface area contributed by atoms with Crippen LogP contribution < -0.4 is 10.1 Å². The average Bonchev–Trinajstić information content (AvgIpc) is 2.24. The summed E-state index contributed by atoms with van der Waals surface area (Å²) >= 11 is 3.30. The Balaban J connectivity index is 0.00000144. The lowest BCUT2D eigenvalue weighted by Crippen LogP contribution is -2.49. The SMILES string of the molecule is CC1(C)CNCCC1Oc1ncc(Br)cn1.Cl. The first-order chi connectivity index (χ1) is 7.58. The third kappa shape index (κ3) is 3.79. The lowest BCUT2D eigenvalue weighted by Gasteiger charge is -2.38. The fraction of sp³-hybridized carbons (Fsp3) is 0.636. The van der Waals surface area contributed by atoms with Crippen molar-refractivity contribution in [3.8, 4) is 6.01 Å². The molecular formula is C11H17BrClN3O. The van der Waals surface area contributed by atoms with E-state index < -0.39 is 0 Å². The first-order valence-corrected chi connectivity index (χ1v) is 6.22. The van der Waals surface area contributed by atoms with Crippen molar-refractivity contribution in [3.63, 3.8) is 0 Å². The number of nitrogens with one attached hydrogen (secondary N) is 1. The van der Waals surface area contributed by atoms with Gasteiger partial charge in [0.25, 0.3) is 0 Å². The lowest BCUT2D eigenvalue weighted by atomic mass is 9.82. The predicted molar refractivity (Wildman–Crippen MR) is 72.7 cm³/mol. The molecule has 1 saturated heterocycles. The molecule has 0 bridgehead atoms. The summed E-state index contributed by atoms with van der Waals surface area (Å²) < 4.78 is 6.71. The van der Waals surface area contributed by atoms with Crippen molar-refractivity contribution >= 4 is 28.3 Å². The van der Waals surface area contributed by atoms with Crippen LogP contribution in [0.5, 0.6) is 6.01 Å². The fourth-order valence-electron chi connectivity index (χ4n) is 1.86. The van der Waals surface area contributed by atoms with E-state index in [2.05, 4.69) is 45.1 Å². The molecule has 6 heteroatoms. The van der Waals surface area contributed by atoms with Crippen LogP contribution in [-0.2, 0) is 0 Å². The first-order valence-electron chi connectivity index (χ1n) is 5.43. The van der Waals surface area contributed by atoms with Crippen LogP contribution in [0.15, 0.2) is 16.9 Å². The highest BCUT2D eigenvalue weighted by atomic mass is 79.9. The van der Waals surface area contributed by atoms with Crippen LogP contribution in [0, 0.1) is 5.41 Å². The van der Waals surface area contributed by atoms with Crippen molar-refractivity contribution in [2.24, 2.45) is 5.41 Å². The van der Waals surface area contributed by atoms with Gasteiger partial charge in [0.1, 0.15) is 6.10 Å². The number of aromatic nitrogens is 2. The van der Waals surface area contributed by atoms with Crippen molar-refractivity contribution < 1.29 is 4.74 Å². The van der Waals surface area contributed by atoms with Crippen LogP contribution in [0.3, 0.4) is 0 Å². The van der Waals surface area contributed by atoms with Gasteiger partial charge in [0, 0.05) is 24.4 Å². The highest BCUT2D eigenvalue weighted by Crippen LogP contribution is 2.28. The number of rotatable bonds is 2. The number of hydrogen-bond acceptors (Lipinski definition) is 4.